The van der Waals surface area contributed by atoms with E-state index in [1.165, 1.54) is 19.4 Å². The summed E-state index contributed by atoms with van der Waals surface area (Å²) in [6, 6.07) is 10.3. The Hall–Kier alpha value is -3.35. The van der Waals surface area contributed by atoms with Crippen LogP contribution in [-0.4, -0.2) is 27.6 Å². The van der Waals surface area contributed by atoms with Crippen LogP contribution in [0.25, 0.3) is 0 Å². The van der Waals surface area contributed by atoms with Gasteiger partial charge in [-0.3, -0.25) is 9.59 Å². The molecule has 2 heterocycles. The Labute approximate surface area is 144 Å². The number of aromatic nitrogens is 3. The number of H-pyrrole nitrogens is 1. The molecular formula is C18H18N4O3. The van der Waals surface area contributed by atoms with Gasteiger partial charge in [0.25, 0.3) is 5.91 Å². The van der Waals surface area contributed by atoms with Gasteiger partial charge in [-0.05, 0) is 5.56 Å². The van der Waals surface area contributed by atoms with E-state index in [0.29, 0.717) is 5.82 Å². The number of carbonyl (C=O) groups excluding carboxylic acids is 1. The Balaban J connectivity index is 1.93. The molecule has 0 aliphatic heterocycles. The largest absolute Gasteiger partial charge is 0.491 e. The number of pyridine rings is 1. The standard InChI is InChI=1S/C18H18N4O3/c1-22-9-8-19-17(22)16(12-6-4-3-5-7-12)21-18(24)13-10-14(23)15(25-2)11-20-13/h3-11,16H,1-2H3,(H,20,23)(H,21,24)/t16-/m0/s1. The number of amides is 1. The summed E-state index contributed by atoms with van der Waals surface area (Å²) >= 11 is 0. The highest BCUT2D eigenvalue weighted by atomic mass is 16.5. The number of hydrogen-bond donors (Lipinski definition) is 2. The van der Waals surface area contributed by atoms with E-state index in [4.69, 9.17) is 4.74 Å². The SMILES string of the molecule is COc1c[nH]c(C(=O)N[C@@H](c2ccccc2)c2nccn2C)cc1=O. The first-order chi connectivity index (χ1) is 12.1. The highest BCUT2D eigenvalue weighted by molar-refractivity contribution is 5.92. The molecule has 7 heteroatoms. The van der Waals surface area contributed by atoms with Crippen LogP contribution < -0.4 is 15.5 Å². The number of carbonyl (C=O) groups is 1. The molecule has 2 N–H and O–H groups in total. The van der Waals surface area contributed by atoms with Gasteiger partial charge in [0.05, 0.1) is 7.11 Å². The van der Waals surface area contributed by atoms with Crippen LogP contribution in [0.1, 0.15) is 27.9 Å². The molecule has 0 unspecified atom stereocenters. The first kappa shape index (κ1) is 16.5. The Bertz CT molecular complexity index is 931. The Morgan fingerprint density at radius 3 is 2.68 bits per heavy atom. The van der Waals surface area contributed by atoms with Crippen LogP contribution in [0.3, 0.4) is 0 Å². The molecule has 0 bridgehead atoms. The van der Waals surface area contributed by atoms with E-state index in [2.05, 4.69) is 15.3 Å². The molecule has 3 aromatic rings. The molecular weight excluding hydrogens is 320 g/mol. The lowest BCUT2D eigenvalue weighted by atomic mass is 10.1. The second-order valence-electron chi connectivity index (χ2n) is 5.49. The number of imidazole rings is 1. The molecule has 1 amide bonds. The van der Waals surface area contributed by atoms with E-state index in [0.717, 1.165) is 5.56 Å². The molecule has 0 aliphatic carbocycles. The maximum atomic E-state index is 12.6. The van der Waals surface area contributed by atoms with Gasteiger partial charge in [0, 0.05) is 31.7 Å². The summed E-state index contributed by atoms with van der Waals surface area (Å²) in [5, 5.41) is 2.92. The van der Waals surface area contributed by atoms with Gasteiger partial charge in [0.2, 0.25) is 5.43 Å². The molecule has 7 nitrogen and oxygen atoms in total. The van der Waals surface area contributed by atoms with Crippen LogP contribution in [0, 0.1) is 0 Å². The fourth-order valence-electron chi connectivity index (χ4n) is 2.56. The monoisotopic (exact) mass is 338 g/mol. The van der Waals surface area contributed by atoms with E-state index in [-0.39, 0.29) is 16.9 Å². The van der Waals surface area contributed by atoms with Crippen molar-refractivity contribution in [3.8, 4) is 5.75 Å². The molecule has 1 aromatic carbocycles. The molecule has 3 rings (SSSR count). The lowest BCUT2D eigenvalue weighted by molar-refractivity contribution is 0.0936. The number of aryl methyl sites for hydroxylation is 1. The van der Waals surface area contributed by atoms with Gasteiger partial charge in [-0.25, -0.2) is 4.98 Å². The Morgan fingerprint density at radius 1 is 1.32 bits per heavy atom. The molecule has 0 aliphatic rings. The smallest absolute Gasteiger partial charge is 0.268 e. The summed E-state index contributed by atoms with van der Waals surface area (Å²) < 4.78 is 6.76. The average molecular weight is 338 g/mol. The number of hydrogen-bond acceptors (Lipinski definition) is 4. The maximum Gasteiger partial charge on any atom is 0.268 e. The van der Waals surface area contributed by atoms with Crippen molar-refractivity contribution in [2.45, 2.75) is 6.04 Å². The zero-order chi connectivity index (χ0) is 17.8. The fourth-order valence-corrected chi connectivity index (χ4v) is 2.56. The van der Waals surface area contributed by atoms with E-state index >= 15 is 0 Å². The van der Waals surface area contributed by atoms with Crippen LogP contribution in [0.2, 0.25) is 0 Å². The van der Waals surface area contributed by atoms with Crippen molar-refractivity contribution in [2.75, 3.05) is 7.11 Å². The number of benzene rings is 1. The zero-order valence-corrected chi connectivity index (χ0v) is 13.9. The first-order valence-corrected chi connectivity index (χ1v) is 7.70. The summed E-state index contributed by atoms with van der Waals surface area (Å²) in [5.74, 6) is 0.437. The highest BCUT2D eigenvalue weighted by Crippen LogP contribution is 2.20. The minimum Gasteiger partial charge on any atom is -0.491 e. The van der Waals surface area contributed by atoms with Crippen molar-refractivity contribution in [1.82, 2.24) is 19.9 Å². The van der Waals surface area contributed by atoms with Crippen molar-refractivity contribution in [1.29, 1.82) is 0 Å². The van der Waals surface area contributed by atoms with Crippen LogP contribution in [0.4, 0.5) is 0 Å². The van der Waals surface area contributed by atoms with E-state index < -0.39 is 11.9 Å². The van der Waals surface area contributed by atoms with Crippen LogP contribution in [0.15, 0.2) is 59.8 Å². The predicted molar refractivity (Wildman–Crippen MR) is 92.6 cm³/mol. The lowest BCUT2D eigenvalue weighted by Crippen LogP contribution is -2.32. The van der Waals surface area contributed by atoms with Crippen LogP contribution in [0.5, 0.6) is 5.75 Å². The summed E-state index contributed by atoms with van der Waals surface area (Å²) in [6.07, 6.45) is 4.86. The van der Waals surface area contributed by atoms with Gasteiger partial charge in [-0.1, -0.05) is 30.3 Å². The zero-order valence-electron chi connectivity index (χ0n) is 13.9. The van der Waals surface area contributed by atoms with Gasteiger partial charge < -0.3 is 19.6 Å². The summed E-state index contributed by atoms with van der Waals surface area (Å²) in [7, 11) is 3.26. The Kier molecular flexibility index (Phi) is 4.65. The van der Waals surface area contributed by atoms with Crippen molar-refractivity contribution >= 4 is 5.91 Å². The van der Waals surface area contributed by atoms with Crippen LogP contribution >= 0.6 is 0 Å². The molecule has 0 fully saturated rings. The third-order valence-corrected chi connectivity index (χ3v) is 3.87. The molecule has 0 saturated carbocycles. The van der Waals surface area contributed by atoms with Crippen molar-refractivity contribution in [2.24, 2.45) is 7.05 Å². The predicted octanol–water partition coefficient (Wildman–Crippen LogP) is 1.64. The average Bonchev–Trinajstić information content (AvgIpc) is 3.06. The molecule has 1 atom stereocenters. The van der Waals surface area contributed by atoms with Crippen molar-refractivity contribution in [3.05, 3.63) is 82.3 Å². The second-order valence-corrected chi connectivity index (χ2v) is 5.49. The molecule has 128 valence electrons. The fraction of sp³-hybridized carbons (Fsp3) is 0.167. The molecule has 0 saturated heterocycles. The lowest BCUT2D eigenvalue weighted by Gasteiger charge is -2.19. The minimum absolute atomic E-state index is 0.153. The van der Waals surface area contributed by atoms with Gasteiger partial charge >= 0.3 is 0 Å². The number of methoxy groups -OCH3 is 1. The Morgan fingerprint density at radius 2 is 2.08 bits per heavy atom. The molecule has 0 spiro atoms. The third-order valence-electron chi connectivity index (χ3n) is 3.87. The van der Waals surface area contributed by atoms with E-state index in [1.807, 2.05) is 48.1 Å². The van der Waals surface area contributed by atoms with Gasteiger partial charge in [-0.2, -0.15) is 0 Å². The topological polar surface area (TPSA) is 89.0 Å². The summed E-state index contributed by atoms with van der Waals surface area (Å²) in [6.45, 7) is 0. The van der Waals surface area contributed by atoms with Crippen molar-refractivity contribution in [3.63, 3.8) is 0 Å². The quantitative estimate of drug-likeness (QED) is 0.740. The minimum atomic E-state index is -0.445. The van der Waals surface area contributed by atoms with E-state index in [1.54, 1.807) is 6.20 Å². The summed E-state index contributed by atoms with van der Waals surface area (Å²) in [5.41, 5.74) is 0.682. The first-order valence-electron chi connectivity index (χ1n) is 7.70. The normalized spacial score (nSPS) is 11.8. The number of aromatic amines is 1. The second kappa shape index (κ2) is 7.04. The van der Waals surface area contributed by atoms with Gasteiger partial charge in [-0.15, -0.1) is 0 Å². The van der Waals surface area contributed by atoms with Crippen molar-refractivity contribution < 1.29 is 9.53 Å². The number of ether oxygens (including phenoxy) is 1. The molecule has 25 heavy (non-hydrogen) atoms. The number of nitrogens with zero attached hydrogens (tertiary/aromatic N) is 2. The highest BCUT2D eigenvalue weighted by Gasteiger charge is 2.22. The molecule has 2 aromatic heterocycles. The maximum absolute atomic E-state index is 12.6. The number of nitrogens with one attached hydrogen (secondary N) is 2. The number of rotatable bonds is 5. The molecule has 0 radical (unpaired) electrons. The van der Waals surface area contributed by atoms with Crippen LogP contribution in [-0.2, 0) is 7.05 Å². The summed E-state index contributed by atoms with van der Waals surface area (Å²) in [4.78, 5) is 31.6. The van der Waals surface area contributed by atoms with Gasteiger partial charge in [0.15, 0.2) is 5.75 Å². The van der Waals surface area contributed by atoms with Gasteiger partial charge in [0.1, 0.15) is 17.6 Å². The third kappa shape index (κ3) is 3.45. The van der Waals surface area contributed by atoms with E-state index in [9.17, 15) is 9.59 Å².